The maximum atomic E-state index is 11.4. The monoisotopic (exact) mass is 257 g/mol. The summed E-state index contributed by atoms with van der Waals surface area (Å²) < 4.78 is 4.82. The molecule has 1 aliphatic carbocycles. The number of aliphatic carboxylic acids is 1. The zero-order valence-corrected chi connectivity index (χ0v) is 11.0. The van der Waals surface area contributed by atoms with Gasteiger partial charge in [0.25, 0.3) is 0 Å². The molecule has 0 atom stereocenters. The molecule has 0 saturated heterocycles. The summed E-state index contributed by atoms with van der Waals surface area (Å²) in [4.78, 5) is 22.5. The third-order valence-corrected chi connectivity index (χ3v) is 3.44. The Balaban J connectivity index is 2.30. The van der Waals surface area contributed by atoms with Gasteiger partial charge in [0.2, 0.25) is 0 Å². The number of carboxylic acids is 1. The van der Waals surface area contributed by atoms with Gasteiger partial charge < -0.3 is 15.2 Å². The molecule has 1 saturated carbocycles. The lowest BCUT2D eigenvalue weighted by Gasteiger charge is -2.34. The van der Waals surface area contributed by atoms with Crippen LogP contribution in [0.3, 0.4) is 0 Å². The van der Waals surface area contributed by atoms with Crippen molar-refractivity contribution >= 4 is 11.9 Å². The molecule has 2 N–H and O–H groups in total. The highest BCUT2D eigenvalue weighted by Gasteiger charge is 2.38. The lowest BCUT2D eigenvalue weighted by molar-refractivity contribution is -0.146. The van der Waals surface area contributed by atoms with Crippen LogP contribution in [0.1, 0.15) is 51.9 Å². The average molecular weight is 257 g/mol. The van der Waals surface area contributed by atoms with Gasteiger partial charge in [-0.1, -0.05) is 19.3 Å². The van der Waals surface area contributed by atoms with E-state index in [4.69, 9.17) is 4.74 Å². The fourth-order valence-electron chi connectivity index (χ4n) is 2.42. The summed E-state index contributed by atoms with van der Waals surface area (Å²) in [6, 6.07) is 0. The van der Waals surface area contributed by atoms with Gasteiger partial charge in [0.05, 0.1) is 6.61 Å². The number of carboxylic acid groups (broad SMARTS) is 1. The average Bonchev–Trinajstić information content (AvgIpc) is 2.36. The van der Waals surface area contributed by atoms with Gasteiger partial charge in [-0.2, -0.15) is 0 Å². The number of hydrogen-bond donors (Lipinski definition) is 2. The van der Waals surface area contributed by atoms with Crippen LogP contribution in [0, 0.1) is 0 Å². The molecule has 18 heavy (non-hydrogen) atoms. The molecule has 1 aliphatic rings. The van der Waals surface area contributed by atoms with E-state index in [0.29, 0.717) is 38.8 Å². The van der Waals surface area contributed by atoms with Crippen molar-refractivity contribution < 1.29 is 19.4 Å². The molecule has 0 unspecified atom stereocenters. The van der Waals surface area contributed by atoms with Crippen LogP contribution in [0.4, 0.5) is 0 Å². The molecule has 0 aliphatic heterocycles. The fourth-order valence-corrected chi connectivity index (χ4v) is 2.42. The third kappa shape index (κ3) is 4.29. The van der Waals surface area contributed by atoms with E-state index < -0.39 is 11.5 Å². The molecule has 1 fully saturated rings. The summed E-state index contributed by atoms with van der Waals surface area (Å²) in [5, 5.41) is 12.5. The summed E-state index contributed by atoms with van der Waals surface area (Å²) in [5.74, 6) is -0.981. The van der Waals surface area contributed by atoms with Crippen LogP contribution >= 0.6 is 0 Å². The Labute approximate surface area is 108 Å². The second-order valence-corrected chi connectivity index (χ2v) is 4.78. The van der Waals surface area contributed by atoms with E-state index in [-0.39, 0.29) is 5.97 Å². The van der Waals surface area contributed by atoms with Crippen LogP contribution in [-0.2, 0) is 14.3 Å². The van der Waals surface area contributed by atoms with E-state index in [2.05, 4.69) is 5.32 Å². The molecule has 1 rings (SSSR count). The van der Waals surface area contributed by atoms with Crippen molar-refractivity contribution in [2.24, 2.45) is 0 Å². The first-order valence-electron chi connectivity index (χ1n) is 6.75. The van der Waals surface area contributed by atoms with Gasteiger partial charge in [0, 0.05) is 6.42 Å². The molecule has 0 bridgehead atoms. The van der Waals surface area contributed by atoms with Crippen LogP contribution < -0.4 is 5.32 Å². The van der Waals surface area contributed by atoms with Crippen molar-refractivity contribution in [3.05, 3.63) is 0 Å². The van der Waals surface area contributed by atoms with Gasteiger partial charge in [-0.25, -0.2) is 0 Å². The second-order valence-electron chi connectivity index (χ2n) is 4.78. The summed E-state index contributed by atoms with van der Waals surface area (Å²) in [6.45, 7) is 2.72. The normalized spacial score (nSPS) is 18.3. The van der Waals surface area contributed by atoms with E-state index in [1.165, 1.54) is 0 Å². The molecule has 0 heterocycles. The van der Waals surface area contributed by atoms with Gasteiger partial charge in [0.1, 0.15) is 5.54 Å². The number of carbonyl (C=O) groups excluding carboxylic acids is 1. The Kier molecular flexibility index (Phi) is 6.12. The Bertz CT molecular complexity index is 285. The highest BCUT2D eigenvalue weighted by Crippen LogP contribution is 2.28. The fraction of sp³-hybridized carbons (Fsp3) is 0.846. The van der Waals surface area contributed by atoms with E-state index >= 15 is 0 Å². The quantitative estimate of drug-likeness (QED) is 0.536. The first kappa shape index (κ1) is 15.0. The topological polar surface area (TPSA) is 75.6 Å². The maximum Gasteiger partial charge on any atom is 0.323 e. The molecular formula is C13H23NO4. The summed E-state index contributed by atoms with van der Waals surface area (Å²) in [5.41, 5.74) is -0.771. The van der Waals surface area contributed by atoms with Gasteiger partial charge in [-0.15, -0.1) is 0 Å². The van der Waals surface area contributed by atoms with Gasteiger partial charge >= 0.3 is 11.9 Å². The molecule has 0 aromatic rings. The minimum atomic E-state index is -0.771. The van der Waals surface area contributed by atoms with Gasteiger partial charge in [-0.05, 0) is 32.7 Å². The van der Waals surface area contributed by atoms with E-state index in [9.17, 15) is 14.7 Å². The molecular weight excluding hydrogens is 234 g/mol. The van der Waals surface area contributed by atoms with E-state index in [0.717, 1.165) is 19.3 Å². The van der Waals surface area contributed by atoms with Gasteiger partial charge in [-0.3, -0.25) is 9.59 Å². The lowest BCUT2D eigenvalue weighted by Crippen LogP contribution is -2.53. The van der Waals surface area contributed by atoms with Gasteiger partial charge in [0.15, 0.2) is 0 Å². The first-order chi connectivity index (χ1) is 8.60. The summed E-state index contributed by atoms with van der Waals surface area (Å²) in [6.07, 6.45) is 5.35. The van der Waals surface area contributed by atoms with Crippen molar-refractivity contribution in [3.8, 4) is 0 Å². The number of rotatable bonds is 7. The SMILES string of the molecule is CCOC(=O)CCCNC1(C(=O)O)CCCCC1. The highest BCUT2D eigenvalue weighted by atomic mass is 16.5. The highest BCUT2D eigenvalue weighted by molar-refractivity contribution is 5.78. The predicted octanol–water partition coefficient (Wildman–Crippen LogP) is 1.71. The Hall–Kier alpha value is -1.10. The number of hydrogen-bond acceptors (Lipinski definition) is 4. The predicted molar refractivity (Wildman–Crippen MR) is 67.3 cm³/mol. The Morgan fingerprint density at radius 2 is 1.94 bits per heavy atom. The molecule has 0 aromatic carbocycles. The van der Waals surface area contributed by atoms with Crippen LogP contribution in [-0.4, -0.2) is 35.7 Å². The Morgan fingerprint density at radius 3 is 2.50 bits per heavy atom. The van der Waals surface area contributed by atoms with Crippen molar-refractivity contribution in [2.75, 3.05) is 13.2 Å². The number of carbonyl (C=O) groups is 2. The molecule has 0 amide bonds. The van der Waals surface area contributed by atoms with Crippen molar-refractivity contribution in [2.45, 2.75) is 57.4 Å². The smallest absolute Gasteiger partial charge is 0.323 e. The second kappa shape index (κ2) is 7.36. The van der Waals surface area contributed by atoms with Crippen molar-refractivity contribution in [3.63, 3.8) is 0 Å². The molecule has 5 heteroatoms. The largest absolute Gasteiger partial charge is 0.480 e. The van der Waals surface area contributed by atoms with Crippen LogP contribution in [0.15, 0.2) is 0 Å². The number of nitrogens with one attached hydrogen (secondary N) is 1. The summed E-state index contributed by atoms with van der Waals surface area (Å²) in [7, 11) is 0. The zero-order chi connectivity index (χ0) is 13.4. The lowest BCUT2D eigenvalue weighted by atomic mass is 9.81. The van der Waals surface area contributed by atoms with Crippen LogP contribution in [0.5, 0.6) is 0 Å². The third-order valence-electron chi connectivity index (χ3n) is 3.44. The van der Waals surface area contributed by atoms with Crippen LogP contribution in [0.25, 0.3) is 0 Å². The van der Waals surface area contributed by atoms with E-state index in [1.807, 2.05) is 0 Å². The molecule has 0 aromatic heterocycles. The number of ether oxygens (including phenoxy) is 1. The minimum absolute atomic E-state index is 0.215. The molecule has 0 spiro atoms. The molecule has 104 valence electrons. The molecule has 5 nitrogen and oxygen atoms in total. The van der Waals surface area contributed by atoms with Crippen molar-refractivity contribution in [1.29, 1.82) is 0 Å². The van der Waals surface area contributed by atoms with Crippen LogP contribution in [0.2, 0.25) is 0 Å². The zero-order valence-electron chi connectivity index (χ0n) is 11.0. The maximum absolute atomic E-state index is 11.4. The minimum Gasteiger partial charge on any atom is -0.480 e. The molecule has 0 radical (unpaired) electrons. The number of esters is 1. The Morgan fingerprint density at radius 1 is 1.28 bits per heavy atom. The van der Waals surface area contributed by atoms with E-state index in [1.54, 1.807) is 6.92 Å². The standard InChI is InChI=1S/C13H23NO4/c1-2-18-11(15)7-6-10-14-13(12(16)17)8-4-3-5-9-13/h14H,2-10H2,1H3,(H,16,17). The first-order valence-corrected chi connectivity index (χ1v) is 6.75. The van der Waals surface area contributed by atoms with Crippen molar-refractivity contribution in [1.82, 2.24) is 5.32 Å². The summed E-state index contributed by atoms with van der Waals surface area (Å²) >= 11 is 0.